The number of halogens is 1. The quantitative estimate of drug-likeness (QED) is 0.875. The molecular weight excluding hydrogens is 310 g/mol. The Morgan fingerprint density at radius 3 is 2.39 bits per heavy atom. The molecule has 1 aliphatic carbocycles. The van der Waals surface area contributed by atoms with Crippen molar-refractivity contribution in [1.82, 2.24) is 0 Å². The molecule has 1 aliphatic rings. The van der Waals surface area contributed by atoms with Gasteiger partial charge in [-0.1, -0.05) is 48.7 Å². The molecule has 23 heavy (non-hydrogen) atoms. The average Bonchev–Trinajstić information content (AvgIpc) is 3.07. The Bertz CT molecular complexity index is 691. The van der Waals surface area contributed by atoms with Crippen LogP contribution in [0, 0.1) is 0 Å². The molecule has 0 saturated heterocycles. The van der Waals surface area contributed by atoms with E-state index >= 15 is 0 Å². The molecule has 0 atom stereocenters. The first kappa shape index (κ1) is 15.9. The number of nitrogens with one attached hydrogen (secondary N) is 1. The highest BCUT2D eigenvalue weighted by Crippen LogP contribution is 2.42. The molecule has 1 N–H and O–H groups in total. The predicted octanol–water partition coefficient (Wildman–Crippen LogP) is 4.80. The van der Waals surface area contributed by atoms with E-state index in [2.05, 4.69) is 5.32 Å². The molecule has 120 valence electrons. The summed E-state index contributed by atoms with van der Waals surface area (Å²) in [7, 11) is 1.61. The highest BCUT2D eigenvalue weighted by atomic mass is 35.5. The summed E-state index contributed by atoms with van der Waals surface area (Å²) in [5, 5.41) is 3.75. The number of para-hydroxylation sites is 2. The van der Waals surface area contributed by atoms with Gasteiger partial charge in [0.1, 0.15) is 5.75 Å². The fourth-order valence-electron chi connectivity index (χ4n) is 3.38. The van der Waals surface area contributed by atoms with Crippen LogP contribution in [-0.2, 0) is 10.2 Å². The Kier molecular flexibility index (Phi) is 4.58. The van der Waals surface area contributed by atoms with Crippen molar-refractivity contribution in [1.29, 1.82) is 0 Å². The van der Waals surface area contributed by atoms with E-state index in [1.807, 2.05) is 48.5 Å². The minimum absolute atomic E-state index is 0.0295. The number of hydrogen-bond acceptors (Lipinski definition) is 2. The first-order valence-electron chi connectivity index (χ1n) is 7.86. The van der Waals surface area contributed by atoms with Gasteiger partial charge in [-0.25, -0.2) is 0 Å². The van der Waals surface area contributed by atoms with Crippen LogP contribution in [0.25, 0.3) is 0 Å². The van der Waals surface area contributed by atoms with Gasteiger partial charge < -0.3 is 10.1 Å². The zero-order valence-corrected chi connectivity index (χ0v) is 13.9. The molecule has 0 radical (unpaired) electrons. The predicted molar refractivity (Wildman–Crippen MR) is 93.2 cm³/mol. The van der Waals surface area contributed by atoms with Gasteiger partial charge in [-0.15, -0.1) is 0 Å². The van der Waals surface area contributed by atoms with Crippen LogP contribution in [-0.4, -0.2) is 13.0 Å². The molecule has 0 unspecified atom stereocenters. The van der Waals surface area contributed by atoms with Crippen LogP contribution in [0.15, 0.2) is 48.5 Å². The van der Waals surface area contributed by atoms with Crippen molar-refractivity contribution in [3.05, 3.63) is 59.1 Å². The summed E-state index contributed by atoms with van der Waals surface area (Å²) in [6.07, 6.45) is 3.83. The maximum atomic E-state index is 13.1. The molecule has 1 saturated carbocycles. The monoisotopic (exact) mass is 329 g/mol. The molecule has 0 aliphatic heterocycles. The van der Waals surface area contributed by atoms with E-state index in [4.69, 9.17) is 16.3 Å². The Hall–Kier alpha value is -2.00. The maximum absolute atomic E-state index is 13.1. The summed E-state index contributed by atoms with van der Waals surface area (Å²) in [5.41, 5.74) is 1.26. The van der Waals surface area contributed by atoms with Gasteiger partial charge in [0.05, 0.1) is 18.2 Å². The Balaban J connectivity index is 1.92. The summed E-state index contributed by atoms with van der Waals surface area (Å²) in [6, 6.07) is 15.1. The first-order chi connectivity index (χ1) is 11.2. The van der Waals surface area contributed by atoms with Crippen molar-refractivity contribution in [2.45, 2.75) is 31.1 Å². The average molecular weight is 330 g/mol. The van der Waals surface area contributed by atoms with Crippen molar-refractivity contribution >= 4 is 23.2 Å². The molecule has 0 aromatic heterocycles. The van der Waals surface area contributed by atoms with Gasteiger partial charge in [-0.3, -0.25) is 4.79 Å². The Morgan fingerprint density at radius 1 is 1.09 bits per heavy atom. The third-order valence-corrected chi connectivity index (χ3v) is 4.90. The van der Waals surface area contributed by atoms with E-state index < -0.39 is 5.41 Å². The SMILES string of the molecule is COc1ccccc1NC(=O)C1(c2ccc(Cl)cc2)CCCC1. The van der Waals surface area contributed by atoms with Crippen molar-refractivity contribution in [2.75, 3.05) is 12.4 Å². The fourth-order valence-corrected chi connectivity index (χ4v) is 3.51. The molecule has 0 bridgehead atoms. The second kappa shape index (κ2) is 6.63. The summed E-state index contributed by atoms with van der Waals surface area (Å²) in [4.78, 5) is 13.1. The molecule has 2 aromatic rings. The van der Waals surface area contributed by atoms with Gasteiger partial charge >= 0.3 is 0 Å². The number of amides is 1. The largest absolute Gasteiger partial charge is 0.495 e. The second-order valence-electron chi connectivity index (χ2n) is 5.95. The molecule has 0 spiro atoms. The zero-order chi connectivity index (χ0) is 16.3. The van der Waals surface area contributed by atoms with Crippen LogP contribution in [0.2, 0.25) is 5.02 Å². The van der Waals surface area contributed by atoms with E-state index in [0.29, 0.717) is 16.5 Å². The van der Waals surface area contributed by atoms with E-state index in [9.17, 15) is 4.79 Å². The number of ether oxygens (including phenoxy) is 1. The van der Waals surface area contributed by atoms with Crippen LogP contribution in [0.4, 0.5) is 5.69 Å². The Labute approximate surface area is 141 Å². The number of carbonyl (C=O) groups excluding carboxylic acids is 1. The fraction of sp³-hybridized carbons (Fsp3) is 0.316. The smallest absolute Gasteiger partial charge is 0.235 e. The number of methoxy groups -OCH3 is 1. The lowest BCUT2D eigenvalue weighted by Gasteiger charge is -2.28. The number of anilines is 1. The van der Waals surface area contributed by atoms with Crippen LogP contribution in [0.3, 0.4) is 0 Å². The lowest BCUT2D eigenvalue weighted by molar-refractivity contribution is -0.121. The number of rotatable bonds is 4. The third kappa shape index (κ3) is 3.06. The minimum atomic E-state index is -0.481. The second-order valence-corrected chi connectivity index (χ2v) is 6.39. The maximum Gasteiger partial charge on any atom is 0.235 e. The summed E-state index contributed by atoms with van der Waals surface area (Å²) in [5.74, 6) is 0.701. The van der Waals surface area contributed by atoms with Crippen molar-refractivity contribution in [3.63, 3.8) is 0 Å². The van der Waals surface area contributed by atoms with Crippen LogP contribution in [0.5, 0.6) is 5.75 Å². The van der Waals surface area contributed by atoms with Gasteiger partial charge in [0.15, 0.2) is 0 Å². The highest BCUT2D eigenvalue weighted by molar-refractivity contribution is 6.30. The molecule has 3 rings (SSSR count). The summed E-state index contributed by atoms with van der Waals surface area (Å²) in [6.45, 7) is 0. The molecule has 1 fully saturated rings. The highest BCUT2D eigenvalue weighted by Gasteiger charge is 2.42. The zero-order valence-electron chi connectivity index (χ0n) is 13.1. The molecule has 4 heteroatoms. The lowest BCUT2D eigenvalue weighted by Crippen LogP contribution is -2.38. The third-order valence-electron chi connectivity index (χ3n) is 4.64. The van der Waals surface area contributed by atoms with E-state index in [1.165, 1.54) is 0 Å². The molecule has 3 nitrogen and oxygen atoms in total. The number of hydrogen-bond donors (Lipinski definition) is 1. The summed E-state index contributed by atoms with van der Waals surface area (Å²) < 4.78 is 5.33. The van der Waals surface area contributed by atoms with E-state index in [0.717, 1.165) is 31.2 Å². The number of carbonyl (C=O) groups is 1. The lowest BCUT2D eigenvalue weighted by atomic mass is 9.78. The van der Waals surface area contributed by atoms with E-state index in [1.54, 1.807) is 7.11 Å². The number of benzene rings is 2. The van der Waals surface area contributed by atoms with Gasteiger partial charge in [-0.2, -0.15) is 0 Å². The van der Waals surface area contributed by atoms with Gasteiger partial charge in [0.25, 0.3) is 0 Å². The first-order valence-corrected chi connectivity index (χ1v) is 8.24. The van der Waals surface area contributed by atoms with Gasteiger partial charge in [0, 0.05) is 5.02 Å². The standard InChI is InChI=1S/C19H20ClNO2/c1-23-17-7-3-2-6-16(17)21-18(22)19(12-4-5-13-19)14-8-10-15(20)11-9-14/h2-3,6-11H,4-5,12-13H2,1H3,(H,21,22). The van der Waals surface area contributed by atoms with Crippen LogP contribution in [0.1, 0.15) is 31.2 Å². The van der Waals surface area contributed by atoms with Crippen molar-refractivity contribution < 1.29 is 9.53 Å². The normalized spacial score (nSPS) is 16.1. The molecule has 2 aromatic carbocycles. The minimum Gasteiger partial charge on any atom is -0.495 e. The topological polar surface area (TPSA) is 38.3 Å². The van der Waals surface area contributed by atoms with Crippen molar-refractivity contribution in [3.8, 4) is 5.75 Å². The molecule has 0 heterocycles. The Morgan fingerprint density at radius 2 is 1.74 bits per heavy atom. The summed E-state index contributed by atoms with van der Waals surface area (Å²) >= 11 is 6.00. The van der Waals surface area contributed by atoms with Crippen LogP contribution >= 0.6 is 11.6 Å². The van der Waals surface area contributed by atoms with Gasteiger partial charge in [0.2, 0.25) is 5.91 Å². The van der Waals surface area contributed by atoms with Crippen molar-refractivity contribution in [2.24, 2.45) is 0 Å². The molecule has 1 amide bonds. The van der Waals surface area contributed by atoms with Crippen LogP contribution < -0.4 is 10.1 Å². The van der Waals surface area contributed by atoms with Gasteiger partial charge in [-0.05, 0) is 42.7 Å². The molecular formula is C19H20ClNO2. The van der Waals surface area contributed by atoms with E-state index in [-0.39, 0.29) is 5.91 Å².